The fourth-order valence-electron chi connectivity index (χ4n) is 3.51. The van der Waals surface area contributed by atoms with Gasteiger partial charge in [0.15, 0.2) is 0 Å². The van der Waals surface area contributed by atoms with Gasteiger partial charge in [0.2, 0.25) is 15.9 Å². The summed E-state index contributed by atoms with van der Waals surface area (Å²) in [4.78, 5) is 26.2. The van der Waals surface area contributed by atoms with Crippen molar-refractivity contribution in [3.8, 4) is 11.1 Å². The van der Waals surface area contributed by atoms with Crippen molar-refractivity contribution in [2.24, 2.45) is 0 Å². The van der Waals surface area contributed by atoms with Gasteiger partial charge in [-0.3, -0.25) is 9.59 Å². The molecule has 0 aromatic heterocycles. The largest absolute Gasteiger partial charge is 0.355 e. The molecule has 3 rings (SSSR count). The first-order chi connectivity index (χ1) is 15.7. The Hall–Kier alpha value is -3.01. The molecule has 0 radical (unpaired) electrons. The van der Waals surface area contributed by atoms with Crippen molar-refractivity contribution < 1.29 is 18.0 Å². The second-order valence-corrected chi connectivity index (χ2v) is 10.0. The SMILES string of the molecule is CNC(=O)C1=CCN(S(=O)(=O)c2ccc(-c3ccc(C(=O)NCCN(C)C)cc3)cc2)CC1. The zero-order valence-corrected chi connectivity index (χ0v) is 20.0. The van der Waals surface area contributed by atoms with Crippen LogP contribution in [0.15, 0.2) is 65.1 Å². The van der Waals surface area contributed by atoms with Crippen LogP contribution in [0.5, 0.6) is 0 Å². The third kappa shape index (κ3) is 6.07. The number of sulfonamides is 1. The van der Waals surface area contributed by atoms with Gasteiger partial charge >= 0.3 is 0 Å². The van der Waals surface area contributed by atoms with Crippen LogP contribution in [-0.2, 0) is 14.8 Å². The minimum Gasteiger partial charge on any atom is -0.355 e. The summed E-state index contributed by atoms with van der Waals surface area (Å²) < 4.78 is 27.3. The van der Waals surface area contributed by atoms with E-state index in [1.54, 1.807) is 49.5 Å². The Morgan fingerprint density at radius 2 is 1.58 bits per heavy atom. The van der Waals surface area contributed by atoms with Crippen molar-refractivity contribution in [3.63, 3.8) is 0 Å². The smallest absolute Gasteiger partial charge is 0.251 e. The van der Waals surface area contributed by atoms with Gasteiger partial charge in [-0.2, -0.15) is 4.31 Å². The highest BCUT2D eigenvalue weighted by molar-refractivity contribution is 7.89. The van der Waals surface area contributed by atoms with E-state index in [4.69, 9.17) is 0 Å². The summed E-state index contributed by atoms with van der Waals surface area (Å²) in [5.74, 6) is -0.298. The van der Waals surface area contributed by atoms with E-state index in [2.05, 4.69) is 10.6 Å². The molecule has 0 bridgehead atoms. The third-order valence-electron chi connectivity index (χ3n) is 5.51. The topological polar surface area (TPSA) is 98.8 Å². The second kappa shape index (κ2) is 10.7. The lowest BCUT2D eigenvalue weighted by Crippen LogP contribution is -2.37. The lowest BCUT2D eigenvalue weighted by molar-refractivity contribution is -0.117. The minimum absolute atomic E-state index is 0.125. The zero-order chi connectivity index (χ0) is 24.0. The molecular weight excluding hydrogens is 440 g/mol. The molecule has 1 aliphatic heterocycles. The van der Waals surface area contributed by atoms with Gasteiger partial charge in [-0.1, -0.05) is 30.3 Å². The van der Waals surface area contributed by atoms with Crippen LogP contribution < -0.4 is 10.6 Å². The summed E-state index contributed by atoms with van der Waals surface area (Å²) in [6, 6.07) is 13.9. The van der Waals surface area contributed by atoms with E-state index in [-0.39, 0.29) is 29.8 Å². The molecule has 2 aromatic carbocycles. The van der Waals surface area contributed by atoms with Crippen molar-refractivity contribution >= 4 is 21.8 Å². The van der Waals surface area contributed by atoms with E-state index < -0.39 is 10.0 Å². The Morgan fingerprint density at radius 1 is 0.970 bits per heavy atom. The van der Waals surface area contributed by atoms with Gasteiger partial charge in [0, 0.05) is 44.4 Å². The van der Waals surface area contributed by atoms with Gasteiger partial charge in [0.05, 0.1) is 4.90 Å². The van der Waals surface area contributed by atoms with Crippen LogP contribution in [0, 0.1) is 0 Å². The number of amides is 2. The third-order valence-corrected chi connectivity index (χ3v) is 7.39. The lowest BCUT2D eigenvalue weighted by Gasteiger charge is -2.25. The van der Waals surface area contributed by atoms with E-state index in [1.165, 1.54) is 4.31 Å². The van der Waals surface area contributed by atoms with Gasteiger partial charge in [-0.25, -0.2) is 8.42 Å². The minimum atomic E-state index is -3.65. The van der Waals surface area contributed by atoms with Crippen molar-refractivity contribution in [2.75, 3.05) is 47.3 Å². The maximum Gasteiger partial charge on any atom is 0.251 e. The predicted octanol–water partition coefficient (Wildman–Crippen LogP) is 1.71. The summed E-state index contributed by atoms with van der Waals surface area (Å²) in [7, 11) is 1.81. The van der Waals surface area contributed by atoms with Crippen LogP contribution in [-0.4, -0.2) is 76.8 Å². The summed E-state index contributed by atoms with van der Waals surface area (Å²) in [6.07, 6.45) is 2.04. The number of hydrogen-bond donors (Lipinski definition) is 2. The molecule has 0 saturated carbocycles. The Labute approximate surface area is 195 Å². The van der Waals surface area contributed by atoms with Crippen molar-refractivity contribution in [1.82, 2.24) is 19.8 Å². The molecule has 0 aliphatic carbocycles. The average molecular weight is 471 g/mol. The van der Waals surface area contributed by atoms with E-state index in [9.17, 15) is 18.0 Å². The van der Waals surface area contributed by atoms with E-state index in [0.717, 1.165) is 17.7 Å². The molecule has 0 unspecified atom stereocenters. The highest BCUT2D eigenvalue weighted by Gasteiger charge is 2.27. The Kier molecular flexibility index (Phi) is 8.01. The number of hydrogen-bond acceptors (Lipinski definition) is 5. The molecule has 1 aliphatic rings. The Morgan fingerprint density at radius 3 is 2.09 bits per heavy atom. The van der Waals surface area contributed by atoms with E-state index in [1.807, 2.05) is 31.1 Å². The van der Waals surface area contributed by atoms with E-state index in [0.29, 0.717) is 24.1 Å². The zero-order valence-electron chi connectivity index (χ0n) is 19.2. The van der Waals surface area contributed by atoms with Crippen molar-refractivity contribution in [1.29, 1.82) is 0 Å². The molecule has 0 atom stereocenters. The normalized spacial score (nSPS) is 14.6. The molecular formula is C24H30N4O4S. The molecule has 33 heavy (non-hydrogen) atoms. The van der Waals surface area contributed by atoms with Crippen LogP contribution in [0.4, 0.5) is 0 Å². The quantitative estimate of drug-likeness (QED) is 0.612. The first kappa shape index (κ1) is 24.6. The van der Waals surface area contributed by atoms with Gasteiger partial charge in [-0.15, -0.1) is 0 Å². The number of carbonyl (C=O) groups is 2. The average Bonchev–Trinajstić information content (AvgIpc) is 2.83. The Balaban J connectivity index is 1.67. The van der Waals surface area contributed by atoms with Crippen LogP contribution in [0.1, 0.15) is 16.8 Å². The molecule has 176 valence electrons. The highest BCUT2D eigenvalue weighted by atomic mass is 32.2. The molecule has 0 fully saturated rings. The van der Waals surface area contributed by atoms with Gasteiger partial charge in [0.1, 0.15) is 0 Å². The fraction of sp³-hybridized carbons (Fsp3) is 0.333. The van der Waals surface area contributed by atoms with Crippen molar-refractivity contribution in [3.05, 3.63) is 65.7 Å². The second-order valence-electron chi connectivity index (χ2n) is 8.08. The summed E-state index contributed by atoms with van der Waals surface area (Å²) >= 11 is 0. The van der Waals surface area contributed by atoms with Crippen LogP contribution in [0.3, 0.4) is 0 Å². The first-order valence-electron chi connectivity index (χ1n) is 10.8. The predicted molar refractivity (Wildman–Crippen MR) is 128 cm³/mol. The summed E-state index contributed by atoms with van der Waals surface area (Å²) in [6.45, 7) is 1.78. The highest BCUT2D eigenvalue weighted by Crippen LogP contribution is 2.25. The number of carbonyl (C=O) groups excluding carboxylic acids is 2. The molecule has 1 heterocycles. The number of rotatable bonds is 8. The van der Waals surface area contributed by atoms with Crippen molar-refractivity contribution in [2.45, 2.75) is 11.3 Å². The maximum absolute atomic E-state index is 13.0. The number of nitrogens with zero attached hydrogens (tertiary/aromatic N) is 2. The monoisotopic (exact) mass is 470 g/mol. The molecule has 8 nitrogen and oxygen atoms in total. The van der Waals surface area contributed by atoms with Gasteiger partial charge < -0.3 is 15.5 Å². The van der Waals surface area contributed by atoms with Gasteiger partial charge in [-0.05, 0) is 55.9 Å². The van der Waals surface area contributed by atoms with E-state index >= 15 is 0 Å². The van der Waals surface area contributed by atoms with Gasteiger partial charge in [0.25, 0.3) is 5.91 Å². The fourth-order valence-corrected chi connectivity index (χ4v) is 4.89. The number of likely N-dealkylation sites (N-methyl/N-ethyl adjacent to an activating group) is 2. The summed E-state index contributed by atoms with van der Waals surface area (Å²) in [5, 5.41) is 5.44. The lowest BCUT2D eigenvalue weighted by atomic mass is 10.0. The molecule has 2 N–H and O–H groups in total. The Bertz CT molecular complexity index is 1120. The first-order valence-corrected chi connectivity index (χ1v) is 12.2. The number of benzene rings is 2. The number of nitrogens with one attached hydrogen (secondary N) is 2. The standard InChI is InChI=1S/C24H30N4O4S/c1-25-23(29)21-12-15-28(16-13-21)33(31,32)22-10-8-19(9-11-22)18-4-6-20(7-5-18)24(30)26-14-17-27(2)3/h4-12H,13-17H2,1-3H3,(H,25,29)(H,26,30). The molecule has 0 saturated heterocycles. The summed E-state index contributed by atoms with van der Waals surface area (Å²) in [5.41, 5.74) is 2.92. The molecule has 2 amide bonds. The molecule has 0 spiro atoms. The maximum atomic E-state index is 13.0. The van der Waals surface area contributed by atoms with Crippen LogP contribution in [0.25, 0.3) is 11.1 Å². The molecule has 9 heteroatoms. The van der Waals surface area contributed by atoms with Crippen LogP contribution >= 0.6 is 0 Å². The molecule has 2 aromatic rings. The van der Waals surface area contributed by atoms with Crippen LogP contribution in [0.2, 0.25) is 0 Å².